The molecule has 29 heavy (non-hydrogen) atoms. The van der Waals surface area contributed by atoms with Crippen molar-refractivity contribution in [3.63, 3.8) is 0 Å². The van der Waals surface area contributed by atoms with Crippen LogP contribution in [-0.4, -0.2) is 54.0 Å². The highest BCUT2D eigenvalue weighted by Gasteiger charge is 2.48. The molecule has 0 radical (unpaired) electrons. The summed E-state index contributed by atoms with van der Waals surface area (Å²) in [5.74, 6) is -0.426. The Morgan fingerprint density at radius 1 is 0.621 bits per heavy atom. The third-order valence-corrected chi connectivity index (χ3v) is 12.9. The molecule has 4 unspecified atom stereocenters. The quantitative estimate of drug-likeness (QED) is 0.221. The molecule has 4 atom stereocenters. The fraction of sp³-hybridized carbons (Fsp3) is 1.00. The molecule has 1 heterocycles. The molecule has 1 saturated heterocycles. The lowest BCUT2D eigenvalue weighted by molar-refractivity contribution is -0.145. The molecule has 0 aromatic rings. The van der Waals surface area contributed by atoms with Gasteiger partial charge in [0.05, 0.1) is 12.2 Å². The van der Waals surface area contributed by atoms with Crippen LogP contribution in [-0.2, 0) is 9.47 Å². The molecular weight excluding hydrogens is 394 g/mol. The van der Waals surface area contributed by atoms with Crippen molar-refractivity contribution in [2.24, 2.45) is 0 Å². The van der Waals surface area contributed by atoms with E-state index in [1.165, 1.54) is 76.0 Å². The average molecular weight is 447 g/mol. The third kappa shape index (κ3) is 9.43. The zero-order valence-corrected chi connectivity index (χ0v) is 22.8. The van der Waals surface area contributed by atoms with Crippen molar-refractivity contribution in [1.82, 2.24) is 0 Å². The maximum Gasteiger partial charge on any atom is 0.163 e. The minimum atomic E-state index is -0.426. The highest BCUT2D eigenvalue weighted by atomic mass is 31.1. The molecular formula is C25H52O2P2. The van der Waals surface area contributed by atoms with Gasteiger partial charge in [0.1, 0.15) is 0 Å². The molecule has 1 rings (SSSR count). The molecule has 1 fully saturated rings. The average Bonchev–Trinajstić information content (AvgIpc) is 3.03. The Morgan fingerprint density at radius 3 is 1.14 bits per heavy atom. The Bertz CT molecular complexity index is 364. The number of rotatable bonds is 16. The predicted molar refractivity (Wildman–Crippen MR) is 136 cm³/mol. The number of hydrogen-bond donors (Lipinski definition) is 0. The smallest absolute Gasteiger partial charge is 0.163 e. The van der Waals surface area contributed by atoms with Crippen LogP contribution in [0.2, 0.25) is 0 Å². The van der Waals surface area contributed by atoms with Crippen molar-refractivity contribution >= 4 is 15.8 Å². The van der Waals surface area contributed by atoms with Gasteiger partial charge in [-0.1, -0.05) is 67.2 Å². The summed E-state index contributed by atoms with van der Waals surface area (Å²) in [6.45, 7) is 18.6. The van der Waals surface area contributed by atoms with E-state index in [2.05, 4.69) is 55.4 Å². The molecule has 0 aromatic carbocycles. The largest absolute Gasteiger partial charge is 0.344 e. The molecule has 0 N–H and O–H groups in total. The van der Waals surface area contributed by atoms with E-state index in [0.717, 1.165) is 0 Å². The SMILES string of the molecule is CCCCP(CCCC)C(C)C1OC(C)(C)OC1C(C)P(CCCC)CCCC. The number of ether oxygens (including phenoxy) is 2. The van der Waals surface area contributed by atoms with Gasteiger partial charge in [-0.2, -0.15) is 0 Å². The van der Waals surface area contributed by atoms with E-state index in [1.54, 1.807) is 0 Å². The van der Waals surface area contributed by atoms with Crippen molar-refractivity contribution in [2.75, 3.05) is 24.6 Å². The Labute approximate surface area is 186 Å². The monoisotopic (exact) mass is 446 g/mol. The van der Waals surface area contributed by atoms with Crippen molar-refractivity contribution < 1.29 is 9.47 Å². The summed E-state index contributed by atoms with van der Waals surface area (Å²) >= 11 is 0. The standard InChI is InChI=1S/C25H52O2P2/c1-9-13-17-28(18-14-10-2)21(5)23-24(27-25(7,8)26-23)22(6)29(19-15-11-3)20-16-12-4/h21-24H,9-20H2,1-8H3. The van der Waals surface area contributed by atoms with Crippen LogP contribution in [0.4, 0.5) is 0 Å². The van der Waals surface area contributed by atoms with E-state index < -0.39 is 5.79 Å². The molecule has 0 amide bonds. The van der Waals surface area contributed by atoms with Crippen LogP contribution in [0.15, 0.2) is 0 Å². The molecule has 0 bridgehead atoms. The zero-order valence-electron chi connectivity index (χ0n) is 21.0. The maximum atomic E-state index is 6.65. The van der Waals surface area contributed by atoms with Gasteiger partial charge in [0, 0.05) is 11.3 Å². The van der Waals surface area contributed by atoms with Crippen molar-refractivity contribution in [3.05, 3.63) is 0 Å². The summed E-state index contributed by atoms with van der Waals surface area (Å²) in [5, 5.41) is 0. The summed E-state index contributed by atoms with van der Waals surface area (Å²) in [6, 6.07) is 0. The normalized spacial score (nSPS) is 23.8. The van der Waals surface area contributed by atoms with E-state index in [-0.39, 0.29) is 28.1 Å². The summed E-state index contributed by atoms with van der Waals surface area (Å²) in [6.07, 6.45) is 16.9. The minimum Gasteiger partial charge on any atom is -0.344 e. The lowest BCUT2D eigenvalue weighted by Crippen LogP contribution is -2.39. The minimum absolute atomic E-state index is 0.0235. The van der Waals surface area contributed by atoms with Crippen LogP contribution in [0.3, 0.4) is 0 Å². The molecule has 0 aromatic heterocycles. The van der Waals surface area contributed by atoms with E-state index in [0.29, 0.717) is 11.3 Å². The van der Waals surface area contributed by atoms with Gasteiger partial charge in [-0.05, 0) is 64.2 Å². The lowest BCUT2D eigenvalue weighted by atomic mass is 10.1. The van der Waals surface area contributed by atoms with Crippen molar-refractivity contribution in [3.8, 4) is 0 Å². The molecule has 0 aliphatic carbocycles. The highest BCUT2D eigenvalue weighted by Crippen LogP contribution is 2.53. The first-order valence-corrected chi connectivity index (χ1v) is 16.2. The van der Waals surface area contributed by atoms with Gasteiger partial charge in [0.25, 0.3) is 0 Å². The van der Waals surface area contributed by atoms with Crippen LogP contribution in [0.5, 0.6) is 0 Å². The van der Waals surface area contributed by atoms with Crippen LogP contribution in [0.25, 0.3) is 0 Å². The first-order valence-electron chi connectivity index (χ1n) is 12.6. The zero-order chi connectivity index (χ0) is 21.9. The topological polar surface area (TPSA) is 18.5 Å². The van der Waals surface area contributed by atoms with Crippen LogP contribution >= 0.6 is 15.8 Å². The molecule has 0 saturated carbocycles. The van der Waals surface area contributed by atoms with Crippen molar-refractivity contribution in [1.29, 1.82) is 0 Å². The van der Waals surface area contributed by atoms with Gasteiger partial charge in [0.2, 0.25) is 0 Å². The van der Waals surface area contributed by atoms with E-state index in [1.807, 2.05) is 0 Å². The molecule has 1 aliphatic heterocycles. The maximum absolute atomic E-state index is 6.65. The van der Waals surface area contributed by atoms with Gasteiger partial charge >= 0.3 is 0 Å². The van der Waals surface area contributed by atoms with Crippen LogP contribution in [0.1, 0.15) is 107 Å². The number of unbranched alkanes of at least 4 members (excludes halogenated alkanes) is 4. The van der Waals surface area contributed by atoms with Gasteiger partial charge in [-0.3, -0.25) is 0 Å². The molecule has 0 spiro atoms. The Morgan fingerprint density at radius 2 is 0.897 bits per heavy atom. The fourth-order valence-corrected chi connectivity index (χ4v) is 10.7. The van der Waals surface area contributed by atoms with Gasteiger partial charge < -0.3 is 9.47 Å². The first-order chi connectivity index (χ1) is 13.8. The second kappa shape index (κ2) is 14.8. The predicted octanol–water partition coefficient (Wildman–Crippen LogP) is 8.45. The van der Waals surface area contributed by atoms with Gasteiger partial charge in [0.15, 0.2) is 5.79 Å². The lowest BCUT2D eigenvalue weighted by Gasteiger charge is -2.36. The van der Waals surface area contributed by atoms with Gasteiger partial charge in [-0.15, -0.1) is 15.8 Å². The highest BCUT2D eigenvalue weighted by molar-refractivity contribution is 7.58. The van der Waals surface area contributed by atoms with E-state index >= 15 is 0 Å². The molecule has 174 valence electrons. The Balaban J connectivity index is 2.98. The van der Waals surface area contributed by atoms with Crippen LogP contribution < -0.4 is 0 Å². The summed E-state index contributed by atoms with van der Waals surface area (Å²) in [7, 11) is 0.0470. The number of hydrogen-bond acceptors (Lipinski definition) is 2. The first kappa shape index (κ1) is 27.8. The third-order valence-electron chi connectivity index (χ3n) is 6.46. The van der Waals surface area contributed by atoms with E-state index in [4.69, 9.17) is 9.47 Å². The summed E-state index contributed by atoms with van der Waals surface area (Å²) in [4.78, 5) is 0. The fourth-order valence-electron chi connectivity index (χ4n) is 4.46. The Hall–Kier alpha value is 0.780. The molecule has 4 heteroatoms. The molecule has 1 aliphatic rings. The Kier molecular flexibility index (Phi) is 14.2. The van der Waals surface area contributed by atoms with Gasteiger partial charge in [-0.25, -0.2) is 0 Å². The summed E-state index contributed by atoms with van der Waals surface area (Å²) < 4.78 is 13.3. The van der Waals surface area contributed by atoms with Crippen molar-refractivity contribution in [2.45, 2.75) is 136 Å². The second-order valence-electron chi connectivity index (χ2n) is 9.53. The van der Waals surface area contributed by atoms with Crippen LogP contribution in [0, 0.1) is 0 Å². The second-order valence-corrected chi connectivity index (χ2v) is 15.3. The van der Waals surface area contributed by atoms with E-state index in [9.17, 15) is 0 Å². The molecule has 2 nitrogen and oxygen atoms in total. The summed E-state index contributed by atoms with van der Waals surface area (Å²) in [5.41, 5.74) is 1.29.